The molecule has 1 saturated carbocycles. The van der Waals surface area contributed by atoms with Crippen molar-refractivity contribution in [2.75, 3.05) is 20.1 Å². The highest BCUT2D eigenvalue weighted by atomic mass is 32.1. The minimum absolute atomic E-state index is 0.00370. The first-order chi connectivity index (χ1) is 15.1. The molecule has 0 N–H and O–H groups in total. The van der Waals surface area contributed by atoms with Gasteiger partial charge in [-0.15, -0.1) is 11.3 Å². The minimum atomic E-state index is 0.00370. The number of aryl methyl sites for hydroxylation is 2. The molecule has 0 radical (unpaired) electrons. The van der Waals surface area contributed by atoms with Gasteiger partial charge in [0.2, 0.25) is 5.91 Å². The summed E-state index contributed by atoms with van der Waals surface area (Å²) in [7, 11) is 1.92. The van der Waals surface area contributed by atoms with Gasteiger partial charge in [0.05, 0.1) is 11.9 Å². The van der Waals surface area contributed by atoms with E-state index in [0.29, 0.717) is 12.6 Å². The fourth-order valence-electron chi connectivity index (χ4n) is 5.62. The van der Waals surface area contributed by atoms with E-state index in [9.17, 15) is 9.59 Å². The number of hydrogen-bond donors (Lipinski definition) is 0. The van der Waals surface area contributed by atoms with E-state index in [1.165, 1.54) is 49.0 Å². The number of carbonyl (C=O) groups excluding carboxylic acids is 1. The Hall–Kier alpha value is -1.73. The van der Waals surface area contributed by atoms with Crippen molar-refractivity contribution in [2.45, 2.75) is 89.8 Å². The number of rotatable bonds is 5. The van der Waals surface area contributed by atoms with Crippen molar-refractivity contribution < 1.29 is 4.79 Å². The second-order valence-corrected chi connectivity index (χ2v) is 10.7. The molecule has 0 spiro atoms. The SMILES string of the molecule is CN(C(=O)Cn1c(CN2CCCC2)nc2sc3c(c2c1=O)CCCC3)C1CCCCC1. The van der Waals surface area contributed by atoms with Crippen LogP contribution in [0.4, 0.5) is 0 Å². The molecule has 0 aromatic carbocycles. The minimum Gasteiger partial charge on any atom is -0.341 e. The Morgan fingerprint density at radius 2 is 1.81 bits per heavy atom. The average Bonchev–Trinajstić information content (AvgIpc) is 3.43. The van der Waals surface area contributed by atoms with Gasteiger partial charge in [0.1, 0.15) is 17.2 Å². The van der Waals surface area contributed by atoms with Gasteiger partial charge in [0.15, 0.2) is 0 Å². The molecule has 5 rings (SSSR count). The second kappa shape index (κ2) is 9.02. The van der Waals surface area contributed by atoms with E-state index >= 15 is 0 Å². The van der Waals surface area contributed by atoms with E-state index < -0.39 is 0 Å². The Bertz CT molecular complexity index is 1010. The zero-order valence-corrected chi connectivity index (χ0v) is 19.5. The molecule has 7 heteroatoms. The molecule has 2 fully saturated rings. The highest BCUT2D eigenvalue weighted by Gasteiger charge is 2.27. The molecule has 3 heterocycles. The van der Waals surface area contributed by atoms with Crippen molar-refractivity contribution >= 4 is 27.5 Å². The van der Waals surface area contributed by atoms with Gasteiger partial charge in [-0.1, -0.05) is 19.3 Å². The van der Waals surface area contributed by atoms with Crippen LogP contribution in [0.15, 0.2) is 4.79 Å². The number of nitrogens with zero attached hydrogens (tertiary/aromatic N) is 4. The van der Waals surface area contributed by atoms with Crippen LogP contribution in [0.5, 0.6) is 0 Å². The molecular weight excluding hydrogens is 408 g/mol. The first-order valence-electron chi connectivity index (χ1n) is 12.1. The molecule has 2 aromatic heterocycles. The van der Waals surface area contributed by atoms with E-state index in [2.05, 4.69) is 4.90 Å². The third-order valence-electron chi connectivity index (χ3n) is 7.53. The van der Waals surface area contributed by atoms with E-state index in [0.717, 1.165) is 61.2 Å². The maximum Gasteiger partial charge on any atom is 0.263 e. The quantitative estimate of drug-likeness (QED) is 0.708. The molecule has 0 bridgehead atoms. The van der Waals surface area contributed by atoms with Gasteiger partial charge in [-0.2, -0.15) is 0 Å². The summed E-state index contributed by atoms with van der Waals surface area (Å²) < 4.78 is 1.71. The molecule has 1 amide bonds. The Kier molecular flexibility index (Phi) is 6.15. The summed E-state index contributed by atoms with van der Waals surface area (Å²) in [6, 6.07) is 0.310. The predicted octanol–water partition coefficient (Wildman–Crippen LogP) is 3.72. The van der Waals surface area contributed by atoms with Gasteiger partial charge in [-0.25, -0.2) is 4.98 Å². The number of likely N-dealkylation sites (N-methyl/N-ethyl adjacent to an activating group) is 1. The Morgan fingerprint density at radius 3 is 2.58 bits per heavy atom. The zero-order valence-electron chi connectivity index (χ0n) is 18.7. The molecule has 1 aliphatic heterocycles. The topological polar surface area (TPSA) is 58.4 Å². The van der Waals surface area contributed by atoms with E-state index in [1.807, 2.05) is 11.9 Å². The normalized spacial score (nSPS) is 20.3. The molecule has 6 nitrogen and oxygen atoms in total. The van der Waals surface area contributed by atoms with Crippen LogP contribution in [-0.4, -0.2) is 51.4 Å². The van der Waals surface area contributed by atoms with Crippen LogP contribution >= 0.6 is 11.3 Å². The summed E-state index contributed by atoms with van der Waals surface area (Å²) in [5.41, 5.74) is 1.21. The molecule has 0 atom stereocenters. The zero-order chi connectivity index (χ0) is 21.4. The number of carbonyl (C=O) groups is 1. The van der Waals surface area contributed by atoms with Gasteiger partial charge in [0, 0.05) is 18.0 Å². The van der Waals surface area contributed by atoms with Crippen molar-refractivity contribution in [1.82, 2.24) is 19.4 Å². The molecule has 2 aliphatic carbocycles. The van der Waals surface area contributed by atoms with Crippen molar-refractivity contribution in [3.05, 3.63) is 26.6 Å². The molecular formula is C24H34N4O2S. The smallest absolute Gasteiger partial charge is 0.263 e. The molecule has 3 aliphatic rings. The highest BCUT2D eigenvalue weighted by molar-refractivity contribution is 7.18. The van der Waals surface area contributed by atoms with Crippen molar-refractivity contribution in [2.24, 2.45) is 0 Å². The maximum absolute atomic E-state index is 13.7. The summed E-state index contributed by atoms with van der Waals surface area (Å²) >= 11 is 1.70. The average molecular weight is 443 g/mol. The van der Waals surface area contributed by atoms with E-state index in [-0.39, 0.29) is 18.0 Å². The molecule has 31 heavy (non-hydrogen) atoms. The van der Waals surface area contributed by atoms with Crippen LogP contribution in [0.1, 0.15) is 74.1 Å². The van der Waals surface area contributed by atoms with Crippen LogP contribution < -0.4 is 5.56 Å². The summed E-state index contributed by atoms with van der Waals surface area (Å²) in [6.07, 6.45) is 12.5. The molecule has 0 unspecified atom stereocenters. The van der Waals surface area contributed by atoms with Gasteiger partial charge in [-0.05, 0) is 70.0 Å². The second-order valence-electron chi connectivity index (χ2n) is 9.59. The lowest BCUT2D eigenvalue weighted by atomic mass is 9.94. The monoisotopic (exact) mass is 442 g/mol. The van der Waals surface area contributed by atoms with Gasteiger partial charge in [-0.3, -0.25) is 19.1 Å². The first-order valence-corrected chi connectivity index (χ1v) is 13.0. The number of amides is 1. The van der Waals surface area contributed by atoms with Crippen LogP contribution in [0.25, 0.3) is 10.2 Å². The molecule has 168 valence electrons. The van der Waals surface area contributed by atoms with E-state index in [1.54, 1.807) is 15.9 Å². The van der Waals surface area contributed by atoms with Gasteiger partial charge in [0.25, 0.3) is 5.56 Å². The van der Waals surface area contributed by atoms with Crippen molar-refractivity contribution in [1.29, 1.82) is 0 Å². The van der Waals surface area contributed by atoms with Gasteiger partial charge >= 0.3 is 0 Å². The maximum atomic E-state index is 13.7. The lowest BCUT2D eigenvalue weighted by Gasteiger charge is -2.31. The number of likely N-dealkylation sites (tertiary alicyclic amines) is 1. The lowest BCUT2D eigenvalue weighted by Crippen LogP contribution is -2.42. The van der Waals surface area contributed by atoms with Crippen LogP contribution in [-0.2, 0) is 30.7 Å². The predicted molar refractivity (Wildman–Crippen MR) is 125 cm³/mol. The summed E-state index contributed by atoms with van der Waals surface area (Å²) in [6.45, 7) is 2.87. The largest absolute Gasteiger partial charge is 0.341 e. The third kappa shape index (κ3) is 4.19. The van der Waals surface area contributed by atoms with Crippen molar-refractivity contribution in [3.63, 3.8) is 0 Å². The first kappa shape index (κ1) is 21.1. The van der Waals surface area contributed by atoms with Crippen molar-refractivity contribution in [3.8, 4) is 0 Å². The Morgan fingerprint density at radius 1 is 1.06 bits per heavy atom. The highest BCUT2D eigenvalue weighted by Crippen LogP contribution is 2.34. The Labute approximate surface area is 188 Å². The van der Waals surface area contributed by atoms with Crippen LogP contribution in [0.3, 0.4) is 0 Å². The Balaban J connectivity index is 1.51. The number of hydrogen-bond acceptors (Lipinski definition) is 5. The standard InChI is InChI=1S/C24H34N4O2S/c1-26(17-9-3-2-4-10-17)21(29)16-28-20(15-27-13-7-8-14-27)25-23-22(24(28)30)18-11-5-6-12-19(18)31-23/h17H,2-16H2,1H3. The summed E-state index contributed by atoms with van der Waals surface area (Å²) in [5.74, 6) is 0.810. The lowest BCUT2D eigenvalue weighted by molar-refractivity contribution is -0.133. The third-order valence-corrected chi connectivity index (χ3v) is 8.71. The number of aromatic nitrogens is 2. The summed E-state index contributed by atoms with van der Waals surface area (Å²) in [5, 5.41) is 0.790. The summed E-state index contributed by atoms with van der Waals surface area (Å²) in [4.78, 5) is 38.5. The van der Waals surface area contributed by atoms with Crippen LogP contribution in [0, 0.1) is 0 Å². The van der Waals surface area contributed by atoms with Crippen LogP contribution in [0.2, 0.25) is 0 Å². The van der Waals surface area contributed by atoms with E-state index in [4.69, 9.17) is 4.98 Å². The molecule has 1 saturated heterocycles. The molecule has 2 aromatic rings. The fraction of sp³-hybridized carbons (Fsp3) is 0.708. The number of fused-ring (bicyclic) bond motifs is 3. The van der Waals surface area contributed by atoms with Gasteiger partial charge < -0.3 is 4.90 Å². The fourth-order valence-corrected chi connectivity index (χ4v) is 6.89. The number of thiophene rings is 1.